The molecule has 1 N–H and O–H groups in total. The summed E-state index contributed by atoms with van der Waals surface area (Å²) in [6.45, 7) is 9.61. The van der Waals surface area contributed by atoms with Crippen molar-refractivity contribution < 1.29 is 18.7 Å². The van der Waals surface area contributed by atoms with Gasteiger partial charge in [0.05, 0.1) is 0 Å². The fourth-order valence-electron chi connectivity index (χ4n) is 2.43. The topological polar surface area (TPSA) is 47.6 Å². The molecular weight excluding hydrogens is 297 g/mol. The lowest BCUT2D eigenvalue weighted by Crippen LogP contribution is -2.46. The van der Waals surface area contributed by atoms with Crippen molar-refractivity contribution in [3.8, 4) is 5.75 Å². The molecule has 0 aromatic heterocycles. The van der Waals surface area contributed by atoms with Crippen LogP contribution in [0.25, 0.3) is 0 Å². The Balaban J connectivity index is 1.80. The summed E-state index contributed by atoms with van der Waals surface area (Å²) < 4.78 is 24.8. The fraction of sp³-hybridized carbons (Fsp3) is 0.611. The van der Waals surface area contributed by atoms with Gasteiger partial charge in [0.25, 0.3) is 0 Å². The van der Waals surface area contributed by atoms with Crippen LogP contribution in [-0.4, -0.2) is 23.8 Å². The molecule has 1 saturated carbocycles. The predicted octanol–water partition coefficient (Wildman–Crippen LogP) is 4.38. The molecule has 0 aliphatic heterocycles. The van der Waals surface area contributed by atoms with Crippen molar-refractivity contribution in [2.24, 2.45) is 0 Å². The number of ether oxygens (including phenoxy) is 2. The summed E-state index contributed by atoms with van der Waals surface area (Å²) in [6.07, 6.45) is 0.808. The van der Waals surface area contributed by atoms with E-state index in [4.69, 9.17) is 9.47 Å². The van der Waals surface area contributed by atoms with Crippen LogP contribution in [0.2, 0.25) is 0 Å². The van der Waals surface area contributed by atoms with E-state index >= 15 is 0 Å². The van der Waals surface area contributed by atoms with Crippen LogP contribution in [0.5, 0.6) is 5.75 Å². The van der Waals surface area contributed by atoms with E-state index in [0.717, 1.165) is 0 Å². The van der Waals surface area contributed by atoms with Crippen LogP contribution in [0.4, 0.5) is 9.18 Å². The summed E-state index contributed by atoms with van der Waals surface area (Å²) >= 11 is 0. The molecule has 23 heavy (non-hydrogen) atoms. The van der Waals surface area contributed by atoms with Gasteiger partial charge in [0.1, 0.15) is 23.8 Å². The van der Waals surface area contributed by atoms with Crippen LogP contribution in [0.1, 0.15) is 58.9 Å². The first-order valence-corrected chi connectivity index (χ1v) is 8.09. The van der Waals surface area contributed by atoms with E-state index in [1.54, 1.807) is 12.1 Å². The number of alkyl carbamates (subject to hydrolysis) is 1. The number of hydrogen-bond donors (Lipinski definition) is 1. The van der Waals surface area contributed by atoms with E-state index in [1.165, 1.54) is 6.07 Å². The van der Waals surface area contributed by atoms with E-state index in [2.05, 4.69) is 5.32 Å². The Morgan fingerprint density at radius 3 is 2.48 bits per heavy atom. The number of hydrogen-bond acceptors (Lipinski definition) is 3. The third kappa shape index (κ3) is 5.12. The normalized spacial score (nSPS) is 20.8. The smallest absolute Gasteiger partial charge is 0.407 e. The van der Waals surface area contributed by atoms with Crippen molar-refractivity contribution >= 4 is 6.09 Å². The van der Waals surface area contributed by atoms with Crippen molar-refractivity contribution in [2.45, 2.75) is 71.1 Å². The Hall–Kier alpha value is -1.78. The van der Waals surface area contributed by atoms with Crippen molar-refractivity contribution in [2.75, 3.05) is 0 Å². The highest BCUT2D eigenvalue weighted by molar-refractivity contribution is 5.68. The molecule has 0 bridgehead atoms. The van der Waals surface area contributed by atoms with Crippen molar-refractivity contribution in [1.29, 1.82) is 0 Å². The van der Waals surface area contributed by atoms with Gasteiger partial charge >= 0.3 is 6.09 Å². The molecule has 1 aromatic carbocycles. The van der Waals surface area contributed by atoms with Gasteiger partial charge in [-0.25, -0.2) is 9.18 Å². The van der Waals surface area contributed by atoms with Gasteiger partial charge in [0, 0.05) is 18.4 Å². The molecule has 128 valence electrons. The molecule has 0 heterocycles. The molecule has 0 spiro atoms. The minimum absolute atomic E-state index is 0.00732. The maximum absolute atomic E-state index is 13.7. The lowest BCUT2D eigenvalue weighted by Gasteiger charge is -2.35. The SMILES string of the molecule is CC(C)c1cc(OC2CC(OC(=O)NC(C)(C)C)C2)ccc1F. The molecule has 1 aliphatic carbocycles. The largest absolute Gasteiger partial charge is 0.490 e. The minimum atomic E-state index is -0.398. The van der Waals surface area contributed by atoms with Crippen LogP contribution in [0.3, 0.4) is 0 Å². The van der Waals surface area contributed by atoms with Crippen molar-refractivity contribution in [3.63, 3.8) is 0 Å². The predicted molar refractivity (Wildman–Crippen MR) is 87.3 cm³/mol. The highest BCUT2D eigenvalue weighted by atomic mass is 19.1. The number of benzene rings is 1. The highest BCUT2D eigenvalue weighted by Gasteiger charge is 2.34. The van der Waals surface area contributed by atoms with Gasteiger partial charge in [0.15, 0.2) is 0 Å². The summed E-state index contributed by atoms with van der Waals surface area (Å²) in [5, 5.41) is 2.77. The molecule has 0 atom stereocenters. The molecule has 0 radical (unpaired) electrons. The third-order valence-electron chi connectivity index (χ3n) is 3.69. The van der Waals surface area contributed by atoms with Gasteiger partial charge in [-0.1, -0.05) is 13.8 Å². The molecule has 5 heteroatoms. The van der Waals surface area contributed by atoms with Crippen molar-refractivity contribution in [1.82, 2.24) is 5.32 Å². The van der Waals surface area contributed by atoms with Gasteiger partial charge in [-0.3, -0.25) is 0 Å². The molecule has 1 fully saturated rings. The zero-order chi connectivity index (χ0) is 17.2. The zero-order valence-electron chi connectivity index (χ0n) is 14.5. The van der Waals surface area contributed by atoms with Crippen LogP contribution in [0.15, 0.2) is 18.2 Å². The maximum Gasteiger partial charge on any atom is 0.407 e. The molecule has 1 aliphatic rings. The van der Waals surface area contributed by atoms with Gasteiger partial charge < -0.3 is 14.8 Å². The molecular formula is C18H26FNO3. The monoisotopic (exact) mass is 323 g/mol. The Kier molecular flexibility index (Phi) is 5.17. The number of carbonyl (C=O) groups is 1. The van der Waals surface area contributed by atoms with Crippen LogP contribution >= 0.6 is 0 Å². The maximum atomic E-state index is 13.7. The molecule has 0 saturated heterocycles. The minimum Gasteiger partial charge on any atom is -0.490 e. The summed E-state index contributed by atoms with van der Waals surface area (Å²) in [4.78, 5) is 11.7. The first-order valence-electron chi connectivity index (χ1n) is 8.09. The van der Waals surface area contributed by atoms with Gasteiger partial charge in [-0.15, -0.1) is 0 Å². The average molecular weight is 323 g/mol. The second-order valence-corrected chi connectivity index (χ2v) is 7.45. The van der Waals surface area contributed by atoms with Gasteiger partial charge in [0.2, 0.25) is 0 Å². The summed E-state index contributed by atoms with van der Waals surface area (Å²) in [6, 6.07) is 4.83. The number of rotatable bonds is 4. The first kappa shape index (κ1) is 17.6. The summed E-state index contributed by atoms with van der Waals surface area (Å²) in [7, 11) is 0. The summed E-state index contributed by atoms with van der Waals surface area (Å²) in [5.74, 6) is 0.566. The van der Waals surface area contributed by atoms with E-state index in [-0.39, 0.29) is 29.5 Å². The second-order valence-electron chi connectivity index (χ2n) is 7.45. The average Bonchev–Trinajstić information content (AvgIpc) is 2.35. The highest BCUT2D eigenvalue weighted by Crippen LogP contribution is 2.30. The number of amides is 1. The third-order valence-corrected chi connectivity index (χ3v) is 3.69. The Bertz CT molecular complexity index is 560. The number of halogens is 1. The van der Waals surface area contributed by atoms with Crippen molar-refractivity contribution in [3.05, 3.63) is 29.6 Å². The second kappa shape index (κ2) is 6.77. The quantitative estimate of drug-likeness (QED) is 0.894. The molecule has 4 nitrogen and oxygen atoms in total. The molecule has 1 amide bonds. The molecule has 0 unspecified atom stereocenters. The lowest BCUT2D eigenvalue weighted by atomic mass is 9.92. The Morgan fingerprint density at radius 1 is 1.26 bits per heavy atom. The summed E-state index contributed by atoms with van der Waals surface area (Å²) in [5.41, 5.74) is 0.345. The zero-order valence-corrected chi connectivity index (χ0v) is 14.5. The van der Waals surface area contributed by atoms with Gasteiger partial charge in [-0.05, 0) is 50.5 Å². The van der Waals surface area contributed by atoms with E-state index in [1.807, 2.05) is 34.6 Å². The van der Waals surface area contributed by atoms with Crippen LogP contribution in [-0.2, 0) is 4.74 Å². The fourth-order valence-corrected chi connectivity index (χ4v) is 2.43. The lowest BCUT2D eigenvalue weighted by molar-refractivity contribution is -0.0244. The van der Waals surface area contributed by atoms with Gasteiger partial charge in [-0.2, -0.15) is 0 Å². The molecule has 2 rings (SSSR count). The van der Waals surface area contributed by atoms with Crippen LogP contribution in [0, 0.1) is 5.82 Å². The molecule has 1 aromatic rings. The van der Waals surface area contributed by atoms with Crippen LogP contribution < -0.4 is 10.1 Å². The number of carbonyl (C=O) groups excluding carboxylic acids is 1. The van der Waals surface area contributed by atoms with E-state index in [9.17, 15) is 9.18 Å². The standard InChI is InChI=1S/C18H26FNO3/c1-11(2)15-10-12(6-7-16(15)19)22-13-8-14(9-13)23-17(21)20-18(3,4)5/h6-7,10-11,13-14H,8-9H2,1-5H3,(H,20,21). The first-order chi connectivity index (χ1) is 10.6. The van der Waals surface area contributed by atoms with E-state index < -0.39 is 6.09 Å². The van der Waals surface area contributed by atoms with E-state index in [0.29, 0.717) is 24.2 Å². The number of nitrogens with one attached hydrogen (secondary N) is 1. The Labute approximate surface area is 137 Å². The Morgan fingerprint density at radius 2 is 1.91 bits per heavy atom.